The maximum absolute atomic E-state index is 14.6. The van der Waals surface area contributed by atoms with Gasteiger partial charge in [-0.05, 0) is 43.7 Å². The normalized spacial score (nSPS) is 38.5. The van der Waals surface area contributed by atoms with Crippen molar-refractivity contribution in [1.29, 1.82) is 0 Å². The van der Waals surface area contributed by atoms with Crippen LogP contribution in [0.3, 0.4) is 0 Å². The Morgan fingerprint density at radius 2 is 1.85 bits per heavy atom. The van der Waals surface area contributed by atoms with Gasteiger partial charge in [0.25, 0.3) is 0 Å². The lowest BCUT2D eigenvalue weighted by Crippen LogP contribution is -2.52. The van der Waals surface area contributed by atoms with Gasteiger partial charge in [-0.15, -0.1) is 0 Å². The Labute approximate surface area is 119 Å². The highest BCUT2D eigenvalue weighted by molar-refractivity contribution is 5.38. The van der Waals surface area contributed by atoms with E-state index in [2.05, 4.69) is 0 Å². The van der Waals surface area contributed by atoms with Crippen molar-refractivity contribution in [2.24, 2.45) is 16.7 Å². The molecule has 2 aliphatic carbocycles. The van der Waals surface area contributed by atoms with E-state index in [4.69, 9.17) is 0 Å². The highest BCUT2D eigenvalue weighted by atomic mass is 19.1. The Morgan fingerprint density at radius 1 is 1.20 bits per heavy atom. The first-order valence-corrected chi connectivity index (χ1v) is 7.32. The van der Waals surface area contributed by atoms with Crippen molar-refractivity contribution in [2.45, 2.75) is 52.6 Å². The summed E-state index contributed by atoms with van der Waals surface area (Å²) < 4.78 is 29.0. The second-order valence-electron chi connectivity index (χ2n) is 7.49. The van der Waals surface area contributed by atoms with Gasteiger partial charge < -0.3 is 5.11 Å². The molecule has 0 radical (unpaired) electrons. The maximum Gasteiger partial charge on any atom is 0.135 e. The lowest BCUT2D eigenvalue weighted by atomic mass is 9.57. The molecule has 0 heterocycles. The van der Waals surface area contributed by atoms with Crippen molar-refractivity contribution in [3.63, 3.8) is 0 Å². The van der Waals surface area contributed by atoms with Gasteiger partial charge in [0.2, 0.25) is 0 Å². The standard InChI is InChI=1S/C17H22F2O/c1-10-5-6-12(18)13(14(10)19)17(20)15(2,3)11-7-8-16(17,4)9-11/h5-6,11,20H,7-9H2,1-4H3. The summed E-state index contributed by atoms with van der Waals surface area (Å²) in [6.45, 7) is 7.49. The van der Waals surface area contributed by atoms with Gasteiger partial charge >= 0.3 is 0 Å². The topological polar surface area (TPSA) is 20.2 Å². The Morgan fingerprint density at radius 3 is 2.40 bits per heavy atom. The van der Waals surface area contributed by atoms with Crippen LogP contribution in [0.4, 0.5) is 8.78 Å². The summed E-state index contributed by atoms with van der Waals surface area (Å²) in [5, 5.41) is 11.4. The zero-order valence-electron chi connectivity index (χ0n) is 12.6. The van der Waals surface area contributed by atoms with Crippen LogP contribution < -0.4 is 0 Å². The van der Waals surface area contributed by atoms with E-state index in [1.807, 2.05) is 20.8 Å². The molecule has 1 aromatic carbocycles. The fraction of sp³-hybridized carbons (Fsp3) is 0.647. The first-order chi connectivity index (χ1) is 9.15. The number of fused-ring (bicyclic) bond motifs is 2. The lowest BCUT2D eigenvalue weighted by Gasteiger charge is -2.51. The maximum atomic E-state index is 14.6. The SMILES string of the molecule is Cc1ccc(F)c(C2(O)C3(C)CCC(C3)C2(C)C)c1F. The summed E-state index contributed by atoms with van der Waals surface area (Å²) in [4.78, 5) is 0. The predicted octanol–water partition coefficient (Wildman–Crippen LogP) is 4.31. The van der Waals surface area contributed by atoms with E-state index < -0.39 is 28.1 Å². The van der Waals surface area contributed by atoms with Crippen LogP contribution in [0.15, 0.2) is 12.1 Å². The van der Waals surface area contributed by atoms with E-state index in [1.54, 1.807) is 6.92 Å². The van der Waals surface area contributed by atoms with Gasteiger partial charge in [0, 0.05) is 10.8 Å². The first-order valence-electron chi connectivity index (χ1n) is 7.32. The molecule has 0 aliphatic heterocycles. The second-order valence-corrected chi connectivity index (χ2v) is 7.49. The van der Waals surface area contributed by atoms with Crippen LogP contribution in [0, 0.1) is 35.3 Å². The van der Waals surface area contributed by atoms with Crippen molar-refractivity contribution >= 4 is 0 Å². The summed E-state index contributed by atoms with van der Waals surface area (Å²) in [6, 6.07) is 2.71. The predicted molar refractivity (Wildman–Crippen MR) is 74.2 cm³/mol. The monoisotopic (exact) mass is 280 g/mol. The summed E-state index contributed by atoms with van der Waals surface area (Å²) >= 11 is 0. The van der Waals surface area contributed by atoms with Crippen LogP contribution in [0.25, 0.3) is 0 Å². The molecule has 1 N–H and O–H groups in total. The smallest absolute Gasteiger partial charge is 0.135 e. The molecule has 2 fully saturated rings. The molecule has 3 atom stereocenters. The second kappa shape index (κ2) is 3.82. The molecule has 3 rings (SSSR count). The van der Waals surface area contributed by atoms with Gasteiger partial charge in [0.15, 0.2) is 0 Å². The fourth-order valence-corrected chi connectivity index (χ4v) is 4.87. The minimum absolute atomic E-state index is 0.118. The van der Waals surface area contributed by atoms with E-state index in [-0.39, 0.29) is 5.56 Å². The zero-order valence-corrected chi connectivity index (χ0v) is 12.6. The fourth-order valence-electron chi connectivity index (χ4n) is 4.87. The van der Waals surface area contributed by atoms with Crippen LogP contribution in [-0.2, 0) is 5.60 Å². The molecular weight excluding hydrogens is 258 g/mol. The van der Waals surface area contributed by atoms with Gasteiger partial charge in [-0.1, -0.05) is 26.8 Å². The zero-order chi connectivity index (χ0) is 14.9. The minimum atomic E-state index is -1.44. The van der Waals surface area contributed by atoms with Gasteiger partial charge in [-0.3, -0.25) is 0 Å². The molecule has 1 nitrogen and oxygen atoms in total. The molecule has 0 amide bonds. The Balaban J connectivity index is 2.31. The molecule has 3 heteroatoms. The van der Waals surface area contributed by atoms with E-state index >= 15 is 0 Å². The van der Waals surface area contributed by atoms with Crippen LogP contribution in [-0.4, -0.2) is 5.11 Å². The van der Waals surface area contributed by atoms with Gasteiger partial charge in [0.1, 0.15) is 17.2 Å². The molecule has 2 bridgehead atoms. The van der Waals surface area contributed by atoms with E-state index in [0.717, 1.165) is 19.3 Å². The third-order valence-corrected chi connectivity index (χ3v) is 6.21. The van der Waals surface area contributed by atoms with E-state index in [1.165, 1.54) is 12.1 Å². The van der Waals surface area contributed by atoms with Crippen molar-refractivity contribution in [1.82, 2.24) is 0 Å². The molecule has 20 heavy (non-hydrogen) atoms. The van der Waals surface area contributed by atoms with Crippen LogP contribution >= 0.6 is 0 Å². The van der Waals surface area contributed by atoms with Crippen LogP contribution in [0.2, 0.25) is 0 Å². The number of aliphatic hydroxyl groups is 1. The Kier molecular flexibility index (Phi) is 2.67. The minimum Gasteiger partial charge on any atom is -0.384 e. The molecule has 0 saturated heterocycles. The highest BCUT2D eigenvalue weighted by Crippen LogP contribution is 2.72. The number of halogens is 2. The molecule has 0 spiro atoms. The number of hydrogen-bond donors (Lipinski definition) is 1. The molecule has 2 saturated carbocycles. The van der Waals surface area contributed by atoms with Crippen LogP contribution in [0.1, 0.15) is 51.2 Å². The molecule has 2 aliphatic rings. The first kappa shape index (κ1) is 14.0. The van der Waals surface area contributed by atoms with Crippen LogP contribution in [0.5, 0.6) is 0 Å². The van der Waals surface area contributed by atoms with Gasteiger partial charge in [-0.2, -0.15) is 0 Å². The number of benzene rings is 1. The Hall–Kier alpha value is -0.960. The van der Waals surface area contributed by atoms with E-state index in [0.29, 0.717) is 11.5 Å². The third-order valence-electron chi connectivity index (χ3n) is 6.21. The molecule has 3 unspecified atom stereocenters. The molecule has 1 aromatic rings. The summed E-state index contributed by atoms with van der Waals surface area (Å²) in [6.07, 6.45) is 2.69. The number of hydrogen-bond acceptors (Lipinski definition) is 1. The summed E-state index contributed by atoms with van der Waals surface area (Å²) in [5.74, 6) is -0.899. The molecular formula is C17H22F2O. The Bertz CT molecular complexity index is 574. The highest BCUT2D eigenvalue weighted by Gasteiger charge is 2.70. The van der Waals surface area contributed by atoms with Crippen molar-refractivity contribution in [2.75, 3.05) is 0 Å². The summed E-state index contributed by atoms with van der Waals surface area (Å²) in [7, 11) is 0. The average molecular weight is 280 g/mol. The third kappa shape index (κ3) is 1.35. The van der Waals surface area contributed by atoms with Crippen molar-refractivity contribution in [3.8, 4) is 0 Å². The largest absolute Gasteiger partial charge is 0.384 e. The number of aryl methyl sites for hydroxylation is 1. The molecule has 110 valence electrons. The van der Waals surface area contributed by atoms with Crippen molar-refractivity contribution in [3.05, 3.63) is 34.9 Å². The summed E-state index contributed by atoms with van der Waals surface area (Å²) in [5.41, 5.74) is -2.14. The van der Waals surface area contributed by atoms with Gasteiger partial charge in [-0.25, -0.2) is 8.78 Å². The number of rotatable bonds is 1. The quantitative estimate of drug-likeness (QED) is 0.813. The molecule has 0 aromatic heterocycles. The average Bonchev–Trinajstić information content (AvgIpc) is 2.83. The lowest BCUT2D eigenvalue weighted by molar-refractivity contribution is -0.154. The van der Waals surface area contributed by atoms with Gasteiger partial charge in [0.05, 0.1) is 5.56 Å². The van der Waals surface area contributed by atoms with E-state index in [9.17, 15) is 13.9 Å². The van der Waals surface area contributed by atoms with Crippen molar-refractivity contribution < 1.29 is 13.9 Å².